The minimum Gasteiger partial charge on any atom is -0.468 e. The Hall–Kier alpha value is -2.60. The van der Waals surface area contributed by atoms with Gasteiger partial charge in [0, 0.05) is 19.5 Å². The highest BCUT2D eigenvalue weighted by Crippen LogP contribution is 2.27. The van der Waals surface area contributed by atoms with Gasteiger partial charge in [-0.2, -0.15) is 0 Å². The number of rotatable bonds is 6. The van der Waals surface area contributed by atoms with Gasteiger partial charge >= 0.3 is 0 Å². The third-order valence-electron chi connectivity index (χ3n) is 5.42. The average Bonchev–Trinajstić information content (AvgIpc) is 3.45. The van der Waals surface area contributed by atoms with E-state index in [0.717, 1.165) is 25.3 Å². The first kappa shape index (κ1) is 17.8. The van der Waals surface area contributed by atoms with Crippen LogP contribution in [0.25, 0.3) is 0 Å². The van der Waals surface area contributed by atoms with Crippen molar-refractivity contribution in [1.29, 1.82) is 0 Å². The molecule has 2 aromatic rings. The van der Waals surface area contributed by atoms with E-state index in [-0.39, 0.29) is 17.9 Å². The number of likely N-dealkylation sites (tertiary alicyclic amines) is 1. The van der Waals surface area contributed by atoms with Crippen LogP contribution in [0.4, 0.5) is 5.69 Å². The molecule has 142 valence electrons. The fourth-order valence-electron chi connectivity index (χ4n) is 4.03. The quantitative estimate of drug-likeness (QED) is 0.852. The molecule has 1 N–H and O–H groups in total. The molecule has 1 aromatic heterocycles. The van der Waals surface area contributed by atoms with Gasteiger partial charge in [0.15, 0.2) is 0 Å². The molecule has 6 nitrogen and oxygen atoms in total. The molecule has 2 saturated heterocycles. The van der Waals surface area contributed by atoms with Crippen molar-refractivity contribution >= 4 is 17.5 Å². The summed E-state index contributed by atoms with van der Waals surface area (Å²) in [5.41, 5.74) is 1.25. The number of para-hydroxylation sites is 1. The van der Waals surface area contributed by atoms with Crippen LogP contribution in [-0.4, -0.2) is 42.9 Å². The summed E-state index contributed by atoms with van der Waals surface area (Å²) in [7, 11) is 0. The lowest BCUT2D eigenvalue weighted by Crippen LogP contribution is -2.37. The molecule has 0 saturated carbocycles. The van der Waals surface area contributed by atoms with Gasteiger partial charge in [-0.05, 0) is 56.6 Å². The molecule has 3 heterocycles. The van der Waals surface area contributed by atoms with Gasteiger partial charge in [0.2, 0.25) is 5.91 Å². The predicted octanol–water partition coefficient (Wildman–Crippen LogP) is 2.97. The van der Waals surface area contributed by atoms with E-state index < -0.39 is 0 Å². The van der Waals surface area contributed by atoms with Crippen LogP contribution in [0.3, 0.4) is 0 Å². The molecule has 1 unspecified atom stereocenters. The van der Waals surface area contributed by atoms with Crippen LogP contribution in [0, 0.1) is 0 Å². The zero-order valence-electron chi connectivity index (χ0n) is 15.4. The van der Waals surface area contributed by atoms with Crippen molar-refractivity contribution in [1.82, 2.24) is 10.2 Å². The number of amides is 2. The summed E-state index contributed by atoms with van der Waals surface area (Å²) in [5, 5.41) is 3.06. The van der Waals surface area contributed by atoms with E-state index in [2.05, 4.69) is 10.2 Å². The summed E-state index contributed by atoms with van der Waals surface area (Å²) in [6.07, 6.45) is 5.40. The Bertz CT molecular complexity index is 797. The molecule has 2 amide bonds. The van der Waals surface area contributed by atoms with Crippen LogP contribution in [0.2, 0.25) is 0 Å². The molecule has 27 heavy (non-hydrogen) atoms. The standard InChI is InChI=1S/C21H25N3O3/c25-20-10-5-13-24(20)17-8-2-1-7-16(17)21(26)22-15-18(19-9-6-14-27-19)23-11-3-4-12-23/h1-2,6-9,14,18H,3-5,10-13,15H2,(H,22,26). The zero-order valence-corrected chi connectivity index (χ0v) is 15.4. The van der Waals surface area contributed by atoms with Crippen molar-refractivity contribution in [3.8, 4) is 0 Å². The number of benzene rings is 1. The third kappa shape index (κ3) is 3.76. The summed E-state index contributed by atoms with van der Waals surface area (Å²) < 4.78 is 5.62. The molecular weight excluding hydrogens is 342 g/mol. The van der Waals surface area contributed by atoms with Crippen LogP contribution >= 0.6 is 0 Å². The van der Waals surface area contributed by atoms with Crippen molar-refractivity contribution < 1.29 is 14.0 Å². The maximum atomic E-state index is 12.9. The zero-order chi connectivity index (χ0) is 18.6. The van der Waals surface area contributed by atoms with Gasteiger partial charge in [-0.3, -0.25) is 14.5 Å². The van der Waals surface area contributed by atoms with Gasteiger partial charge in [-0.25, -0.2) is 0 Å². The fourth-order valence-corrected chi connectivity index (χ4v) is 4.03. The van der Waals surface area contributed by atoms with Crippen LogP contribution in [0.5, 0.6) is 0 Å². The van der Waals surface area contributed by atoms with Gasteiger partial charge in [-0.1, -0.05) is 12.1 Å². The number of carbonyl (C=O) groups excluding carboxylic acids is 2. The maximum Gasteiger partial charge on any atom is 0.253 e. The van der Waals surface area contributed by atoms with Crippen molar-refractivity contribution in [3.63, 3.8) is 0 Å². The Kier molecular flexibility index (Phi) is 5.25. The van der Waals surface area contributed by atoms with E-state index in [1.165, 1.54) is 12.8 Å². The van der Waals surface area contributed by atoms with Gasteiger partial charge in [0.25, 0.3) is 5.91 Å². The second-order valence-corrected chi connectivity index (χ2v) is 7.15. The largest absolute Gasteiger partial charge is 0.468 e. The highest BCUT2D eigenvalue weighted by Gasteiger charge is 2.28. The molecule has 0 aliphatic carbocycles. The first-order valence-electron chi connectivity index (χ1n) is 9.69. The fraction of sp³-hybridized carbons (Fsp3) is 0.429. The Balaban J connectivity index is 1.49. The summed E-state index contributed by atoms with van der Waals surface area (Å²) in [5.74, 6) is 0.807. The summed E-state index contributed by atoms with van der Waals surface area (Å²) in [6, 6.07) is 11.2. The molecule has 2 aliphatic rings. The lowest BCUT2D eigenvalue weighted by atomic mass is 10.1. The van der Waals surface area contributed by atoms with Crippen LogP contribution in [-0.2, 0) is 4.79 Å². The number of nitrogens with one attached hydrogen (secondary N) is 1. The van der Waals surface area contributed by atoms with E-state index in [9.17, 15) is 9.59 Å². The predicted molar refractivity (Wildman–Crippen MR) is 103 cm³/mol. The smallest absolute Gasteiger partial charge is 0.253 e. The molecule has 0 bridgehead atoms. The highest BCUT2D eigenvalue weighted by atomic mass is 16.3. The van der Waals surface area contributed by atoms with E-state index >= 15 is 0 Å². The molecule has 6 heteroatoms. The Labute approximate surface area is 159 Å². The second-order valence-electron chi connectivity index (χ2n) is 7.15. The second kappa shape index (κ2) is 7.96. The van der Waals surface area contributed by atoms with Crippen LogP contribution in [0.15, 0.2) is 47.1 Å². The Morgan fingerprint density at radius 1 is 1.07 bits per heavy atom. The molecule has 0 radical (unpaired) electrons. The highest BCUT2D eigenvalue weighted by molar-refractivity contribution is 6.05. The molecule has 0 spiro atoms. The monoisotopic (exact) mass is 367 g/mol. The minimum absolute atomic E-state index is 0.0343. The number of carbonyl (C=O) groups is 2. The summed E-state index contributed by atoms with van der Waals surface area (Å²) >= 11 is 0. The molecular formula is C21H25N3O3. The van der Waals surface area contributed by atoms with Crippen molar-refractivity contribution in [2.24, 2.45) is 0 Å². The molecule has 2 fully saturated rings. The van der Waals surface area contributed by atoms with Crippen LogP contribution in [0.1, 0.15) is 47.8 Å². The first-order valence-corrected chi connectivity index (χ1v) is 9.69. The number of furan rings is 1. The van der Waals surface area contributed by atoms with Gasteiger partial charge in [0.05, 0.1) is 23.6 Å². The number of hydrogen-bond donors (Lipinski definition) is 1. The molecule has 2 aliphatic heterocycles. The van der Waals surface area contributed by atoms with E-state index in [4.69, 9.17) is 4.42 Å². The van der Waals surface area contributed by atoms with Gasteiger partial charge < -0.3 is 14.6 Å². The number of anilines is 1. The first-order chi connectivity index (χ1) is 13.2. The molecule has 1 aromatic carbocycles. The average molecular weight is 367 g/mol. The van der Waals surface area contributed by atoms with Crippen molar-refractivity contribution in [2.75, 3.05) is 31.1 Å². The SMILES string of the molecule is O=C(NCC(c1ccco1)N1CCCC1)c1ccccc1N1CCCC1=O. The lowest BCUT2D eigenvalue weighted by Gasteiger charge is -2.26. The molecule has 4 rings (SSSR count). The minimum atomic E-state index is -0.152. The van der Waals surface area contributed by atoms with E-state index in [1.54, 1.807) is 17.2 Å². The van der Waals surface area contributed by atoms with Gasteiger partial charge in [-0.15, -0.1) is 0 Å². The molecule has 1 atom stereocenters. The summed E-state index contributed by atoms with van der Waals surface area (Å²) in [4.78, 5) is 29.1. The third-order valence-corrected chi connectivity index (χ3v) is 5.42. The Morgan fingerprint density at radius 2 is 1.89 bits per heavy atom. The van der Waals surface area contributed by atoms with Crippen molar-refractivity contribution in [2.45, 2.75) is 31.7 Å². The Morgan fingerprint density at radius 3 is 2.59 bits per heavy atom. The normalized spacial score (nSPS) is 18.8. The number of hydrogen-bond acceptors (Lipinski definition) is 4. The van der Waals surface area contributed by atoms with Crippen molar-refractivity contribution in [3.05, 3.63) is 54.0 Å². The lowest BCUT2D eigenvalue weighted by molar-refractivity contribution is -0.117. The maximum absolute atomic E-state index is 12.9. The van der Waals surface area contributed by atoms with Crippen LogP contribution < -0.4 is 10.2 Å². The topological polar surface area (TPSA) is 65.8 Å². The summed E-state index contributed by atoms with van der Waals surface area (Å²) in [6.45, 7) is 3.18. The van der Waals surface area contributed by atoms with E-state index in [0.29, 0.717) is 30.8 Å². The number of nitrogens with zero attached hydrogens (tertiary/aromatic N) is 2. The van der Waals surface area contributed by atoms with E-state index in [1.807, 2.05) is 30.3 Å². The van der Waals surface area contributed by atoms with Gasteiger partial charge in [0.1, 0.15) is 5.76 Å².